The van der Waals surface area contributed by atoms with Crippen LogP contribution in [-0.4, -0.2) is 40.1 Å². The van der Waals surface area contributed by atoms with Crippen molar-refractivity contribution in [3.05, 3.63) is 40.9 Å². The van der Waals surface area contributed by atoms with Crippen molar-refractivity contribution in [2.45, 2.75) is 46.1 Å². The molecular weight excluding hydrogens is 306 g/mol. The van der Waals surface area contributed by atoms with Crippen LogP contribution in [0, 0.1) is 20.8 Å². The van der Waals surface area contributed by atoms with E-state index in [4.69, 9.17) is 9.26 Å². The largest absolute Gasteiger partial charge is 0.472 e. The lowest BCUT2D eigenvalue weighted by molar-refractivity contribution is -0.130. The third kappa shape index (κ3) is 3.75. The van der Waals surface area contributed by atoms with E-state index in [2.05, 4.69) is 10.1 Å². The number of likely N-dealkylation sites (tertiary alicyclic amines) is 1. The van der Waals surface area contributed by atoms with Crippen LogP contribution >= 0.6 is 0 Å². The molecule has 1 saturated heterocycles. The van der Waals surface area contributed by atoms with Gasteiger partial charge in [0.25, 0.3) is 0 Å². The first-order valence-electron chi connectivity index (χ1n) is 8.33. The third-order valence-electron chi connectivity index (χ3n) is 4.42. The van der Waals surface area contributed by atoms with Crippen molar-refractivity contribution >= 4 is 5.91 Å². The highest BCUT2D eigenvalue weighted by Crippen LogP contribution is 2.19. The van der Waals surface area contributed by atoms with Gasteiger partial charge in [-0.3, -0.25) is 4.79 Å². The monoisotopic (exact) mass is 329 g/mol. The lowest BCUT2D eigenvalue weighted by Gasteiger charge is -2.17. The number of pyridine rings is 1. The number of carbonyl (C=O) groups excluding carboxylic acids is 1. The SMILES string of the molecule is Cc1cccc(OC2CCN(C(=O)CCc3c(C)noc3C)C2)n1. The average molecular weight is 329 g/mol. The summed E-state index contributed by atoms with van der Waals surface area (Å²) in [7, 11) is 0. The number of aromatic nitrogens is 2. The minimum absolute atomic E-state index is 0.0160. The van der Waals surface area contributed by atoms with Crippen LogP contribution in [0.4, 0.5) is 0 Å². The molecule has 1 atom stereocenters. The molecule has 0 radical (unpaired) electrons. The van der Waals surface area contributed by atoms with E-state index < -0.39 is 0 Å². The summed E-state index contributed by atoms with van der Waals surface area (Å²) in [5.41, 5.74) is 2.84. The molecule has 0 bridgehead atoms. The van der Waals surface area contributed by atoms with Crippen molar-refractivity contribution in [2.24, 2.45) is 0 Å². The minimum atomic E-state index is 0.0160. The van der Waals surface area contributed by atoms with Crippen LogP contribution in [0.1, 0.15) is 35.6 Å². The molecule has 1 aliphatic rings. The topological polar surface area (TPSA) is 68.5 Å². The number of hydrogen-bond donors (Lipinski definition) is 0. The van der Waals surface area contributed by atoms with Crippen molar-refractivity contribution in [1.82, 2.24) is 15.0 Å². The highest BCUT2D eigenvalue weighted by atomic mass is 16.5. The van der Waals surface area contributed by atoms with E-state index in [0.717, 1.165) is 35.7 Å². The molecule has 3 heterocycles. The van der Waals surface area contributed by atoms with Gasteiger partial charge in [-0.1, -0.05) is 11.2 Å². The smallest absolute Gasteiger partial charge is 0.223 e. The van der Waals surface area contributed by atoms with Gasteiger partial charge in [-0.25, -0.2) is 4.98 Å². The van der Waals surface area contributed by atoms with Gasteiger partial charge < -0.3 is 14.2 Å². The average Bonchev–Trinajstić information content (AvgIpc) is 3.13. The standard InChI is InChI=1S/C18H23N3O3/c1-12-5-4-6-17(19-12)23-15-9-10-21(11-15)18(22)8-7-16-13(2)20-24-14(16)3/h4-6,15H,7-11H2,1-3H3. The van der Waals surface area contributed by atoms with Crippen molar-refractivity contribution in [3.63, 3.8) is 0 Å². The Morgan fingerprint density at radius 2 is 2.21 bits per heavy atom. The predicted molar refractivity (Wildman–Crippen MR) is 88.9 cm³/mol. The molecule has 24 heavy (non-hydrogen) atoms. The lowest BCUT2D eigenvalue weighted by atomic mass is 10.1. The Hall–Kier alpha value is -2.37. The normalized spacial score (nSPS) is 17.3. The molecule has 1 amide bonds. The number of carbonyl (C=O) groups is 1. The van der Waals surface area contributed by atoms with Gasteiger partial charge in [-0.2, -0.15) is 0 Å². The van der Waals surface area contributed by atoms with Gasteiger partial charge in [0.2, 0.25) is 11.8 Å². The highest BCUT2D eigenvalue weighted by Gasteiger charge is 2.28. The molecule has 1 unspecified atom stereocenters. The number of hydrogen-bond acceptors (Lipinski definition) is 5. The second-order valence-electron chi connectivity index (χ2n) is 6.29. The maximum atomic E-state index is 12.4. The second kappa shape index (κ2) is 7.03. The molecular formula is C18H23N3O3. The van der Waals surface area contributed by atoms with Crippen LogP contribution in [0.25, 0.3) is 0 Å². The quantitative estimate of drug-likeness (QED) is 0.843. The van der Waals surface area contributed by atoms with Gasteiger partial charge >= 0.3 is 0 Å². The van der Waals surface area contributed by atoms with Crippen molar-refractivity contribution in [2.75, 3.05) is 13.1 Å². The Balaban J connectivity index is 1.51. The molecule has 0 N–H and O–H groups in total. The first-order chi connectivity index (χ1) is 11.5. The maximum Gasteiger partial charge on any atom is 0.223 e. The fraction of sp³-hybridized carbons (Fsp3) is 0.500. The van der Waals surface area contributed by atoms with E-state index in [-0.39, 0.29) is 12.0 Å². The summed E-state index contributed by atoms with van der Waals surface area (Å²) in [5, 5.41) is 3.93. The van der Waals surface area contributed by atoms with Crippen LogP contribution in [0.15, 0.2) is 22.7 Å². The third-order valence-corrected chi connectivity index (χ3v) is 4.42. The maximum absolute atomic E-state index is 12.4. The molecule has 0 aliphatic carbocycles. The van der Waals surface area contributed by atoms with E-state index in [1.54, 1.807) is 0 Å². The zero-order chi connectivity index (χ0) is 17.1. The molecule has 1 fully saturated rings. The van der Waals surface area contributed by atoms with E-state index >= 15 is 0 Å². The van der Waals surface area contributed by atoms with Gasteiger partial charge in [0.15, 0.2) is 0 Å². The zero-order valence-corrected chi connectivity index (χ0v) is 14.4. The Labute approximate surface area is 141 Å². The van der Waals surface area contributed by atoms with Gasteiger partial charge in [-0.15, -0.1) is 0 Å². The molecule has 2 aromatic heterocycles. The fourth-order valence-electron chi connectivity index (χ4n) is 3.05. The number of rotatable bonds is 5. The van der Waals surface area contributed by atoms with E-state index in [1.165, 1.54) is 0 Å². The number of amides is 1. The predicted octanol–water partition coefficient (Wildman–Crippen LogP) is 2.61. The van der Waals surface area contributed by atoms with E-state index in [1.807, 2.05) is 43.9 Å². The summed E-state index contributed by atoms with van der Waals surface area (Å²) in [6.07, 6.45) is 1.99. The molecule has 6 heteroatoms. The summed E-state index contributed by atoms with van der Waals surface area (Å²) < 4.78 is 11.0. The summed E-state index contributed by atoms with van der Waals surface area (Å²) in [5.74, 6) is 1.58. The molecule has 128 valence electrons. The summed E-state index contributed by atoms with van der Waals surface area (Å²) >= 11 is 0. The molecule has 1 aliphatic heterocycles. The Kier molecular flexibility index (Phi) is 4.83. The van der Waals surface area contributed by atoms with Crippen molar-refractivity contribution < 1.29 is 14.1 Å². The van der Waals surface area contributed by atoms with Crippen LogP contribution in [0.2, 0.25) is 0 Å². The van der Waals surface area contributed by atoms with Crippen LogP contribution in [-0.2, 0) is 11.2 Å². The van der Waals surface area contributed by atoms with Crippen molar-refractivity contribution in [3.8, 4) is 5.88 Å². The van der Waals surface area contributed by atoms with E-state index in [9.17, 15) is 4.79 Å². The molecule has 0 saturated carbocycles. The minimum Gasteiger partial charge on any atom is -0.472 e. The lowest BCUT2D eigenvalue weighted by Crippen LogP contribution is -2.31. The summed E-state index contributed by atoms with van der Waals surface area (Å²) in [4.78, 5) is 18.6. The number of ether oxygens (including phenoxy) is 1. The second-order valence-corrected chi connectivity index (χ2v) is 6.29. The Morgan fingerprint density at radius 1 is 1.38 bits per heavy atom. The Bertz CT molecular complexity index is 707. The van der Waals surface area contributed by atoms with Crippen LogP contribution in [0.5, 0.6) is 5.88 Å². The first kappa shape index (κ1) is 16.5. The molecule has 2 aromatic rings. The van der Waals surface area contributed by atoms with E-state index in [0.29, 0.717) is 25.3 Å². The highest BCUT2D eigenvalue weighted by molar-refractivity contribution is 5.76. The fourth-order valence-corrected chi connectivity index (χ4v) is 3.05. The van der Waals surface area contributed by atoms with Gasteiger partial charge in [0, 0.05) is 36.7 Å². The molecule has 0 aromatic carbocycles. The number of nitrogens with zero attached hydrogens (tertiary/aromatic N) is 3. The molecule has 6 nitrogen and oxygen atoms in total. The molecule has 0 spiro atoms. The van der Waals surface area contributed by atoms with Gasteiger partial charge in [0.1, 0.15) is 11.9 Å². The van der Waals surface area contributed by atoms with Gasteiger partial charge in [-0.05, 0) is 33.3 Å². The van der Waals surface area contributed by atoms with Crippen LogP contribution in [0.3, 0.4) is 0 Å². The van der Waals surface area contributed by atoms with Crippen LogP contribution < -0.4 is 4.74 Å². The Morgan fingerprint density at radius 3 is 2.92 bits per heavy atom. The number of aryl methyl sites for hydroxylation is 3. The zero-order valence-electron chi connectivity index (χ0n) is 14.4. The van der Waals surface area contributed by atoms with Crippen molar-refractivity contribution in [1.29, 1.82) is 0 Å². The summed E-state index contributed by atoms with van der Waals surface area (Å²) in [6.45, 7) is 7.08. The first-order valence-corrected chi connectivity index (χ1v) is 8.33. The summed E-state index contributed by atoms with van der Waals surface area (Å²) in [6, 6.07) is 5.72. The van der Waals surface area contributed by atoms with Gasteiger partial charge in [0.05, 0.1) is 12.2 Å². The molecule has 3 rings (SSSR count).